The van der Waals surface area contributed by atoms with Crippen LogP contribution in [-0.4, -0.2) is 19.6 Å². The van der Waals surface area contributed by atoms with Gasteiger partial charge in [0.05, 0.1) is 16.0 Å². The van der Waals surface area contributed by atoms with Crippen molar-refractivity contribution < 1.29 is 13.3 Å². The van der Waals surface area contributed by atoms with Gasteiger partial charge in [-0.25, -0.2) is 4.83 Å². The molecule has 0 fully saturated rings. The van der Waals surface area contributed by atoms with Gasteiger partial charge >= 0.3 is 0 Å². The van der Waals surface area contributed by atoms with E-state index >= 15 is 0 Å². The zero-order chi connectivity index (χ0) is 17.0. The Balaban J connectivity index is 2.20. The van der Waals surface area contributed by atoms with E-state index in [1.54, 1.807) is 32.0 Å². The smallest absolute Gasteiger partial charge is 0.258 e. The van der Waals surface area contributed by atoms with Crippen molar-refractivity contribution in [2.75, 3.05) is 0 Å². The molecule has 0 radical (unpaired) electrons. The predicted molar refractivity (Wildman–Crippen MR) is 86.9 cm³/mol. The Bertz CT molecular complexity index is 876. The van der Waals surface area contributed by atoms with Gasteiger partial charge in [-0.05, 0) is 31.0 Å². The maximum Gasteiger partial charge on any atom is 0.276 e. The van der Waals surface area contributed by atoms with Crippen molar-refractivity contribution in [2.24, 2.45) is 5.10 Å². The van der Waals surface area contributed by atoms with Gasteiger partial charge < -0.3 is 0 Å². The van der Waals surface area contributed by atoms with Crippen molar-refractivity contribution in [3.63, 3.8) is 0 Å². The number of nitrogens with one attached hydrogen (secondary N) is 1. The van der Waals surface area contributed by atoms with E-state index in [1.807, 2.05) is 6.07 Å². The van der Waals surface area contributed by atoms with E-state index in [4.69, 9.17) is 0 Å². The molecule has 0 spiro atoms. The van der Waals surface area contributed by atoms with Gasteiger partial charge in [0.1, 0.15) is 0 Å². The number of aryl methyl sites for hydroxylation is 2. The summed E-state index contributed by atoms with van der Waals surface area (Å²) in [6.45, 7) is 3.49. The largest absolute Gasteiger partial charge is 0.276 e. The lowest BCUT2D eigenvalue weighted by Crippen LogP contribution is -2.19. The molecule has 0 aliphatic rings. The maximum atomic E-state index is 12.2. The SMILES string of the molecule is Cc1ccc(C)c(S(=O)(=O)N/N=C/c2cccc([N+](=O)[O-])c2)c1. The number of sulfonamides is 1. The number of rotatable bonds is 5. The molecule has 0 aliphatic heterocycles. The van der Waals surface area contributed by atoms with E-state index in [2.05, 4.69) is 9.93 Å². The van der Waals surface area contributed by atoms with Crippen LogP contribution >= 0.6 is 0 Å². The first-order valence-corrected chi connectivity index (χ1v) is 8.14. The van der Waals surface area contributed by atoms with Crippen LogP contribution in [0.15, 0.2) is 52.5 Å². The first-order chi connectivity index (χ1) is 10.8. The molecule has 8 heteroatoms. The highest BCUT2D eigenvalue weighted by molar-refractivity contribution is 7.89. The first-order valence-electron chi connectivity index (χ1n) is 6.66. The van der Waals surface area contributed by atoms with Crippen molar-refractivity contribution in [3.8, 4) is 0 Å². The molecule has 0 unspecified atom stereocenters. The Morgan fingerprint density at radius 3 is 2.61 bits per heavy atom. The Morgan fingerprint density at radius 2 is 1.91 bits per heavy atom. The molecule has 1 N–H and O–H groups in total. The lowest BCUT2D eigenvalue weighted by Gasteiger charge is -2.07. The fraction of sp³-hybridized carbons (Fsp3) is 0.133. The number of benzene rings is 2. The summed E-state index contributed by atoms with van der Waals surface area (Å²) in [5, 5.41) is 14.4. The second-order valence-corrected chi connectivity index (χ2v) is 6.60. The molecule has 0 aliphatic carbocycles. The number of nitro groups is 1. The maximum absolute atomic E-state index is 12.2. The molecule has 2 rings (SSSR count). The lowest BCUT2D eigenvalue weighted by molar-refractivity contribution is -0.384. The van der Waals surface area contributed by atoms with Crippen LogP contribution in [0.25, 0.3) is 0 Å². The van der Waals surface area contributed by atoms with Crippen molar-refractivity contribution in [3.05, 3.63) is 69.3 Å². The summed E-state index contributed by atoms with van der Waals surface area (Å²) in [5.74, 6) is 0. The van der Waals surface area contributed by atoms with E-state index < -0.39 is 14.9 Å². The molecule has 0 amide bonds. The quantitative estimate of drug-likeness (QED) is 0.516. The average Bonchev–Trinajstić information content (AvgIpc) is 2.49. The first kappa shape index (κ1) is 16.6. The van der Waals surface area contributed by atoms with Crippen LogP contribution in [0.2, 0.25) is 0 Å². The third kappa shape index (κ3) is 4.13. The van der Waals surface area contributed by atoms with E-state index in [0.29, 0.717) is 11.1 Å². The molecule has 2 aromatic carbocycles. The number of nitro benzene ring substituents is 1. The topological polar surface area (TPSA) is 102 Å². The third-order valence-corrected chi connectivity index (χ3v) is 4.47. The molecule has 0 bridgehead atoms. The third-order valence-electron chi connectivity index (χ3n) is 3.10. The van der Waals surface area contributed by atoms with Crippen LogP contribution in [-0.2, 0) is 10.0 Å². The Labute approximate surface area is 133 Å². The molecule has 0 saturated heterocycles. The summed E-state index contributed by atoms with van der Waals surface area (Å²) < 4.78 is 24.5. The van der Waals surface area contributed by atoms with Gasteiger partial charge in [0.15, 0.2) is 0 Å². The van der Waals surface area contributed by atoms with Crippen molar-refractivity contribution in [1.82, 2.24) is 4.83 Å². The van der Waals surface area contributed by atoms with E-state index in [-0.39, 0.29) is 10.6 Å². The second-order valence-electron chi connectivity index (χ2n) is 4.97. The summed E-state index contributed by atoms with van der Waals surface area (Å²) in [7, 11) is -3.79. The summed E-state index contributed by atoms with van der Waals surface area (Å²) in [4.78, 5) is 12.4. The number of hydrogen-bond acceptors (Lipinski definition) is 5. The fourth-order valence-electron chi connectivity index (χ4n) is 1.93. The summed E-state index contributed by atoms with van der Waals surface area (Å²) in [6, 6.07) is 10.8. The zero-order valence-corrected chi connectivity index (χ0v) is 13.4. The zero-order valence-electron chi connectivity index (χ0n) is 12.6. The average molecular weight is 333 g/mol. The van der Waals surface area contributed by atoms with Crippen molar-refractivity contribution >= 4 is 21.9 Å². The Morgan fingerprint density at radius 1 is 1.17 bits per heavy atom. The molecule has 0 saturated carbocycles. The van der Waals surface area contributed by atoms with Gasteiger partial charge in [0.2, 0.25) is 0 Å². The fourth-order valence-corrected chi connectivity index (χ4v) is 3.06. The van der Waals surface area contributed by atoms with Gasteiger partial charge in [-0.1, -0.05) is 24.3 Å². The van der Waals surface area contributed by atoms with Gasteiger partial charge in [-0.3, -0.25) is 10.1 Å². The molecule has 120 valence electrons. The molecule has 23 heavy (non-hydrogen) atoms. The minimum absolute atomic E-state index is 0.0914. The highest BCUT2D eigenvalue weighted by Gasteiger charge is 2.15. The molecule has 0 heterocycles. The van der Waals surface area contributed by atoms with E-state index in [1.165, 1.54) is 24.4 Å². The Kier molecular flexibility index (Phi) is 4.75. The van der Waals surface area contributed by atoms with Gasteiger partial charge in [-0.15, -0.1) is 0 Å². The monoisotopic (exact) mass is 333 g/mol. The van der Waals surface area contributed by atoms with E-state index in [9.17, 15) is 18.5 Å². The minimum Gasteiger partial charge on any atom is -0.258 e. The number of nitrogens with zero attached hydrogens (tertiary/aromatic N) is 2. The van der Waals surface area contributed by atoms with Crippen LogP contribution in [0.3, 0.4) is 0 Å². The molecule has 7 nitrogen and oxygen atoms in total. The summed E-state index contributed by atoms with van der Waals surface area (Å²) in [6.07, 6.45) is 1.22. The van der Waals surface area contributed by atoms with Crippen LogP contribution in [0.5, 0.6) is 0 Å². The minimum atomic E-state index is -3.79. The molecular formula is C15H15N3O4S. The normalized spacial score (nSPS) is 11.6. The van der Waals surface area contributed by atoms with Crippen molar-refractivity contribution in [1.29, 1.82) is 0 Å². The van der Waals surface area contributed by atoms with Crippen LogP contribution in [0.1, 0.15) is 16.7 Å². The standard InChI is InChI=1S/C15H15N3O4S/c1-11-6-7-12(2)15(8-11)23(21,22)17-16-10-13-4-3-5-14(9-13)18(19)20/h3-10,17H,1-2H3/b16-10+. The van der Waals surface area contributed by atoms with Gasteiger partial charge in [0, 0.05) is 17.7 Å². The Hall–Kier alpha value is -2.74. The molecular weight excluding hydrogens is 318 g/mol. The van der Waals surface area contributed by atoms with E-state index in [0.717, 1.165) is 5.56 Å². The summed E-state index contributed by atoms with van der Waals surface area (Å²) in [5.41, 5.74) is 1.75. The van der Waals surface area contributed by atoms with Crippen LogP contribution in [0.4, 0.5) is 5.69 Å². The van der Waals surface area contributed by atoms with Crippen LogP contribution < -0.4 is 4.83 Å². The number of hydrogen-bond donors (Lipinski definition) is 1. The lowest BCUT2D eigenvalue weighted by atomic mass is 10.2. The van der Waals surface area contributed by atoms with Gasteiger partial charge in [0.25, 0.3) is 15.7 Å². The predicted octanol–water partition coefficient (Wildman–Crippen LogP) is 2.52. The highest BCUT2D eigenvalue weighted by Crippen LogP contribution is 2.16. The molecule has 0 aromatic heterocycles. The van der Waals surface area contributed by atoms with Gasteiger partial charge in [-0.2, -0.15) is 13.5 Å². The number of non-ortho nitro benzene ring substituents is 1. The second kappa shape index (κ2) is 6.57. The summed E-state index contributed by atoms with van der Waals surface area (Å²) >= 11 is 0. The molecule has 2 aromatic rings. The van der Waals surface area contributed by atoms with Crippen molar-refractivity contribution in [2.45, 2.75) is 18.7 Å². The van der Waals surface area contributed by atoms with Crippen LogP contribution in [0, 0.1) is 24.0 Å². The highest BCUT2D eigenvalue weighted by atomic mass is 32.2. The molecule has 0 atom stereocenters. The number of hydrazone groups is 1.